The summed E-state index contributed by atoms with van der Waals surface area (Å²) in [5.41, 5.74) is 10.4. The fourth-order valence-corrected chi connectivity index (χ4v) is 7.66. The third-order valence-corrected chi connectivity index (χ3v) is 10.5. The Labute approximate surface area is 279 Å². The minimum Gasteiger partial charge on any atom is -0.482 e. The van der Waals surface area contributed by atoms with Crippen LogP contribution in [0.5, 0.6) is 5.88 Å². The van der Waals surface area contributed by atoms with E-state index in [-0.39, 0.29) is 36.4 Å². The summed E-state index contributed by atoms with van der Waals surface area (Å²) in [4.78, 5) is 50.4. The fourth-order valence-electron chi connectivity index (χ4n) is 7.66. The number of carbonyl (C=O) groups is 3. The molecule has 3 aliphatic rings. The number of ether oxygens (including phenoxy) is 1. The monoisotopic (exact) mass is 655 g/mol. The van der Waals surface area contributed by atoms with Gasteiger partial charge in [0.05, 0.1) is 35.6 Å². The zero-order valence-electron chi connectivity index (χ0n) is 28.3. The molecule has 0 radical (unpaired) electrons. The first-order chi connectivity index (χ1) is 22.8. The van der Waals surface area contributed by atoms with Crippen molar-refractivity contribution < 1.29 is 24.2 Å². The van der Waals surface area contributed by atoms with E-state index in [1.54, 1.807) is 21.0 Å². The number of hydrogen-bond acceptors (Lipinski definition) is 7. The van der Waals surface area contributed by atoms with Crippen molar-refractivity contribution in [1.29, 1.82) is 0 Å². The van der Waals surface area contributed by atoms with Gasteiger partial charge < -0.3 is 30.4 Å². The highest BCUT2D eigenvalue weighted by molar-refractivity contribution is 5.96. The van der Waals surface area contributed by atoms with Gasteiger partial charge in [-0.3, -0.25) is 18.8 Å². The minimum absolute atomic E-state index is 0.00436. The number of piperidine rings is 1. The Morgan fingerprint density at radius 3 is 2.44 bits per heavy atom. The summed E-state index contributed by atoms with van der Waals surface area (Å²) < 4.78 is 10.0. The van der Waals surface area contributed by atoms with Crippen LogP contribution in [0.2, 0.25) is 0 Å². The molecule has 0 aromatic carbocycles. The number of nitrogens with two attached hydrogens (primary N) is 1. The second-order valence-corrected chi connectivity index (χ2v) is 14.7. The van der Waals surface area contributed by atoms with Crippen molar-refractivity contribution in [2.75, 3.05) is 7.11 Å². The van der Waals surface area contributed by atoms with Gasteiger partial charge in [0.2, 0.25) is 5.91 Å². The average Bonchev–Trinajstić information content (AvgIpc) is 3.62. The van der Waals surface area contributed by atoms with E-state index >= 15 is 0 Å². The SMILES string of the molecule is COc1cc(C(=O)N2[C@@H]3CC[C@H]2C[C@@H](N)C3)cc2nc(-c3cc4ccc([C@@H](C)NC(=O)CC(C)(C)C(=O)O)nc4n3CC3CC3)c(C)n12. The highest BCUT2D eigenvalue weighted by atomic mass is 16.5. The van der Waals surface area contributed by atoms with Gasteiger partial charge in [-0.05, 0) is 96.4 Å². The summed E-state index contributed by atoms with van der Waals surface area (Å²) in [6.45, 7) is 7.74. The first kappa shape index (κ1) is 32.1. The second kappa shape index (κ2) is 11.9. The van der Waals surface area contributed by atoms with Gasteiger partial charge in [0, 0.05) is 48.1 Å². The first-order valence-corrected chi connectivity index (χ1v) is 17.0. The number of nitrogens with zero attached hydrogens (tertiary/aromatic N) is 5. The second-order valence-electron chi connectivity index (χ2n) is 14.7. The molecule has 6 heterocycles. The number of aryl methyl sites for hydroxylation is 1. The number of carboxylic acid groups (broad SMARTS) is 1. The predicted octanol–water partition coefficient (Wildman–Crippen LogP) is 4.85. The number of hydrogen-bond donors (Lipinski definition) is 3. The quantitative estimate of drug-likeness (QED) is 0.219. The number of pyridine rings is 2. The van der Waals surface area contributed by atoms with E-state index in [1.165, 1.54) is 0 Å². The van der Waals surface area contributed by atoms with Crippen LogP contribution in [0, 0.1) is 18.3 Å². The van der Waals surface area contributed by atoms with Crippen molar-refractivity contribution in [2.45, 2.75) is 103 Å². The Morgan fingerprint density at radius 2 is 1.79 bits per heavy atom. The molecule has 2 saturated heterocycles. The molecule has 4 N–H and O–H groups in total. The molecular weight excluding hydrogens is 610 g/mol. The molecule has 4 aromatic rings. The van der Waals surface area contributed by atoms with Crippen LogP contribution >= 0.6 is 0 Å². The van der Waals surface area contributed by atoms with Crippen molar-refractivity contribution in [3.63, 3.8) is 0 Å². The standard InChI is InChI=1S/C36H45N7O5/c1-19(38-30(44)17-36(3,4)35(46)47)27-11-8-22-12-28(41(33(22)39-27)18-21-6-7-21)32-20(2)42-29(40-32)13-23(14-31(42)48-5)34(45)43-25-9-10-26(43)16-24(37)15-25/h8,11-14,19,21,24-26H,6-7,9-10,15-18,37H2,1-5H3,(H,38,44)(H,46,47)/t19-,24-,25+,26-/m1/s1. The van der Waals surface area contributed by atoms with Crippen LogP contribution in [0.1, 0.15) is 93.5 Å². The molecule has 48 heavy (non-hydrogen) atoms. The van der Waals surface area contributed by atoms with E-state index < -0.39 is 17.4 Å². The lowest BCUT2D eigenvalue weighted by Gasteiger charge is -2.37. The molecule has 2 amide bonds. The molecule has 3 fully saturated rings. The number of methoxy groups -OCH3 is 1. The third kappa shape index (κ3) is 5.69. The predicted molar refractivity (Wildman–Crippen MR) is 181 cm³/mol. The number of amides is 2. The van der Waals surface area contributed by atoms with Crippen molar-refractivity contribution in [2.24, 2.45) is 17.1 Å². The number of rotatable bonds is 10. The zero-order valence-corrected chi connectivity index (χ0v) is 28.3. The summed E-state index contributed by atoms with van der Waals surface area (Å²) in [7, 11) is 1.61. The maximum absolute atomic E-state index is 13.9. The topological polar surface area (TPSA) is 157 Å². The molecule has 2 aliphatic heterocycles. The van der Waals surface area contributed by atoms with Gasteiger partial charge >= 0.3 is 5.97 Å². The fraction of sp³-hybridized carbons (Fsp3) is 0.528. The van der Waals surface area contributed by atoms with Crippen LogP contribution in [0.15, 0.2) is 30.3 Å². The number of carbonyl (C=O) groups excluding carboxylic acids is 2. The number of imidazole rings is 1. The number of fused-ring (bicyclic) bond motifs is 4. The molecule has 2 bridgehead atoms. The van der Waals surface area contributed by atoms with E-state index in [0.29, 0.717) is 28.7 Å². The Kier molecular flexibility index (Phi) is 7.97. The molecule has 1 aliphatic carbocycles. The Hall–Kier alpha value is -4.45. The zero-order chi connectivity index (χ0) is 34.1. The maximum Gasteiger partial charge on any atom is 0.309 e. The van der Waals surface area contributed by atoms with E-state index in [2.05, 4.69) is 16.0 Å². The summed E-state index contributed by atoms with van der Waals surface area (Å²) in [6.07, 6.45) is 5.83. The third-order valence-electron chi connectivity index (χ3n) is 10.5. The van der Waals surface area contributed by atoms with E-state index in [1.807, 2.05) is 47.4 Å². The van der Waals surface area contributed by atoms with Gasteiger partial charge in [-0.2, -0.15) is 0 Å². The van der Waals surface area contributed by atoms with E-state index in [9.17, 15) is 19.5 Å². The summed E-state index contributed by atoms with van der Waals surface area (Å²) in [6, 6.07) is 9.79. The minimum atomic E-state index is -1.17. The first-order valence-electron chi connectivity index (χ1n) is 17.0. The lowest BCUT2D eigenvalue weighted by molar-refractivity contribution is -0.149. The highest BCUT2D eigenvalue weighted by Gasteiger charge is 2.42. The number of aliphatic carboxylic acids is 1. The van der Waals surface area contributed by atoms with Crippen molar-refractivity contribution in [3.05, 3.63) is 47.3 Å². The molecule has 7 rings (SSSR count). The van der Waals surface area contributed by atoms with Gasteiger partial charge in [-0.25, -0.2) is 9.97 Å². The molecule has 254 valence electrons. The Balaban J connectivity index is 1.24. The summed E-state index contributed by atoms with van der Waals surface area (Å²) >= 11 is 0. The van der Waals surface area contributed by atoms with Gasteiger partial charge in [-0.1, -0.05) is 0 Å². The molecule has 1 saturated carbocycles. The van der Waals surface area contributed by atoms with Crippen LogP contribution in [-0.2, 0) is 16.1 Å². The molecule has 4 aromatic heterocycles. The summed E-state index contributed by atoms with van der Waals surface area (Å²) in [5.74, 6) is -0.255. The molecule has 4 atom stereocenters. The lowest BCUT2D eigenvalue weighted by Crippen LogP contribution is -2.50. The molecular formula is C36H45N7O5. The smallest absolute Gasteiger partial charge is 0.309 e. The van der Waals surface area contributed by atoms with Gasteiger partial charge in [-0.15, -0.1) is 0 Å². The van der Waals surface area contributed by atoms with Crippen molar-refractivity contribution in [3.8, 4) is 17.3 Å². The Morgan fingerprint density at radius 1 is 1.08 bits per heavy atom. The largest absolute Gasteiger partial charge is 0.482 e. The van der Waals surface area contributed by atoms with Crippen LogP contribution in [0.25, 0.3) is 28.1 Å². The van der Waals surface area contributed by atoms with Crippen LogP contribution in [0.4, 0.5) is 0 Å². The number of carboxylic acids is 1. The van der Waals surface area contributed by atoms with Crippen molar-refractivity contribution >= 4 is 34.5 Å². The van der Waals surface area contributed by atoms with Crippen molar-refractivity contribution in [1.82, 2.24) is 29.2 Å². The van der Waals surface area contributed by atoms with E-state index in [0.717, 1.165) is 73.2 Å². The van der Waals surface area contributed by atoms with E-state index in [4.69, 9.17) is 20.4 Å². The molecule has 12 nitrogen and oxygen atoms in total. The Bertz CT molecular complexity index is 1930. The van der Waals surface area contributed by atoms with Gasteiger partial charge in [0.25, 0.3) is 5.91 Å². The number of aromatic nitrogens is 4. The summed E-state index contributed by atoms with van der Waals surface area (Å²) in [5, 5.41) is 13.3. The van der Waals surface area contributed by atoms with Gasteiger partial charge in [0.1, 0.15) is 17.0 Å². The highest BCUT2D eigenvalue weighted by Crippen LogP contribution is 2.39. The van der Waals surface area contributed by atoms with Gasteiger partial charge in [0.15, 0.2) is 5.88 Å². The normalized spacial score (nSPS) is 21.5. The number of nitrogens with one attached hydrogen (secondary N) is 1. The maximum atomic E-state index is 13.9. The van der Waals surface area contributed by atoms with Crippen LogP contribution in [0.3, 0.4) is 0 Å². The molecule has 0 unspecified atom stereocenters. The average molecular weight is 656 g/mol. The van der Waals surface area contributed by atoms with Crippen LogP contribution in [-0.4, -0.2) is 72.0 Å². The molecule has 0 spiro atoms. The molecule has 12 heteroatoms. The van der Waals surface area contributed by atoms with Crippen LogP contribution < -0.4 is 15.8 Å². The lowest BCUT2D eigenvalue weighted by atomic mass is 9.89.